The third-order valence-corrected chi connectivity index (χ3v) is 3.39. The second kappa shape index (κ2) is 8.76. The molecule has 2 rings (SSSR count). The van der Waals surface area contributed by atoms with Crippen LogP contribution in [0, 0.1) is 0 Å². The van der Waals surface area contributed by atoms with E-state index in [1.807, 2.05) is 24.3 Å². The molecule has 2 N–H and O–H groups in total. The highest BCUT2D eigenvalue weighted by atomic mass is 16.5. The van der Waals surface area contributed by atoms with Crippen molar-refractivity contribution in [2.24, 2.45) is 0 Å². The molecule has 1 heterocycles. The Balaban J connectivity index is 1.62. The Morgan fingerprint density at radius 3 is 2.42 bits per heavy atom. The third-order valence-electron chi connectivity index (χ3n) is 3.39. The zero-order valence-electron chi connectivity index (χ0n) is 13.9. The summed E-state index contributed by atoms with van der Waals surface area (Å²) in [6.07, 6.45) is 1.43. The van der Waals surface area contributed by atoms with E-state index in [1.165, 1.54) is 11.8 Å². The number of nitrogens with one attached hydrogen (secondary N) is 2. The fraction of sp³-hybridized carbons (Fsp3) is 0.333. The van der Waals surface area contributed by atoms with Crippen molar-refractivity contribution in [2.75, 3.05) is 19.7 Å². The molecule has 0 saturated heterocycles. The van der Waals surface area contributed by atoms with Crippen LogP contribution in [-0.4, -0.2) is 31.5 Å². The molecule has 0 fully saturated rings. The molecule has 6 heteroatoms. The van der Waals surface area contributed by atoms with Crippen molar-refractivity contribution in [2.45, 2.75) is 19.8 Å². The van der Waals surface area contributed by atoms with Crippen molar-refractivity contribution in [3.8, 4) is 5.75 Å². The van der Waals surface area contributed by atoms with E-state index >= 15 is 0 Å². The van der Waals surface area contributed by atoms with Gasteiger partial charge in [-0.3, -0.25) is 9.59 Å². The van der Waals surface area contributed by atoms with Crippen LogP contribution in [0.15, 0.2) is 47.1 Å². The molecule has 0 bridgehead atoms. The van der Waals surface area contributed by atoms with Crippen LogP contribution in [-0.2, 0) is 4.79 Å². The van der Waals surface area contributed by atoms with Gasteiger partial charge >= 0.3 is 0 Å². The van der Waals surface area contributed by atoms with E-state index in [-0.39, 0.29) is 24.2 Å². The first-order valence-electron chi connectivity index (χ1n) is 7.87. The van der Waals surface area contributed by atoms with E-state index in [2.05, 4.69) is 24.5 Å². The van der Waals surface area contributed by atoms with Crippen molar-refractivity contribution >= 4 is 11.8 Å². The van der Waals surface area contributed by atoms with Gasteiger partial charge in [-0.25, -0.2) is 0 Å². The maximum atomic E-state index is 11.7. The van der Waals surface area contributed by atoms with Gasteiger partial charge in [0.2, 0.25) is 0 Å². The highest BCUT2D eigenvalue weighted by Gasteiger charge is 2.07. The molecule has 6 nitrogen and oxygen atoms in total. The van der Waals surface area contributed by atoms with Crippen molar-refractivity contribution in [3.63, 3.8) is 0 Å². The number of amides is 2. The van der Waals surface area contributed by atoms with Gasteiger partial charge < -0.3 is 19.8 Å². The third kappa shape index (κ3) is 5.46. The van der Waals surface area contributed by atoms with Gasteiger partial charge in [-0.05, 0) is 35.7 Å². The molecule has 1 aromatic heterocycles. The molecule has 2 aromatic rings. The summed E-state index contributed by atoms with van der Waals surface area (Å²) in [5.41, 5.74) is 1.22. The summed E-state index contributed by atoms with van der Waals surface area (Å²) in [6, 6.07) is 10.9. The second-order valence-corrected chi connectivity index (χ2v) is 5.60. The molecular formula is C18H22N2O4. The van der Waals surface area contributed by atoms with E-state index in [0.29, 0.717) is 24.8 Å². The Labute approximate surface area is 141 Å². The fourth-order valence-electron chi connectivity index (χ4n) is 2.02. The van der Waals surface area contributed by atoms with Crippen LogP contribution in [0.3, 0.4) is 0 Å². The number of carbonyl (C=O) groups excluding carboxylic acids is 2. The first-order chi connectivity index (χ1) is 11.6. The summed E-state index contributed by atoms with van der Waals surface area (Å²) in [5.74, 6) is 0.805. The smallest absolute Gasteiger partial charge is 0.287 e. The molecule has 0 radical (unpaired) electrons. The van der Waals surface area contributed by atoms with Gasteiger partial charge in [0.15, 0.2) is 12.4 Å². The standard InChI is InChI=1S/C18H22N2O4/c1-13(2)14-5-7-15(8-6-14)24-12-17(21)19-9-10-20-18(22)16-4-3-11-23-16/h3-8,11,13H,9-10,12H2,1-2H3,(H,19,21)(H,20,22). The van der Waals surface area contributed by atoms with Gasteiger partial charge in [-0.1, -0.05) is 26.0 Å². The van der Waals surface area contributed by atoms with E-state index in [0.717, 1.165) is 0 Å². The average Bonchev–Trinajstić information content (AvgIpc) is 3.11. The number of ether oxygens (including phenoxy) is 1. The van der Waals surface area contributed by atoms with Crippen molar-refractivity contribution in [1.82, 2.24) is 10.6 Å². The molecule has 0 spiro atoms. The van der Waals surface area contributed by atoms with Crippen LogP contribution in [0.5, 0.6) is 5.75 Å². The minimum Gasteiger partial charge on any atom is -0.484 e. The van der Waals surface area contributed by atoms with Crippen LogP contribution in [0.2, 0.25) is 0 Å². The summed E-state index contributed by atoms with van der Waals surface area (Å²) >= 11 is 0. The van der Waals surface area contributed by atoms with Gasteiger partial charge in [0.1, 0.15) is 5.75 Å². The van der Waals surface area contributed by atoms with Gasteiger partial charge in [0.05, 0.1) is 6.26 Å². The summed E-state index contributed by atoms with van der Waals surface area (Å²) in [4.78, 5) is 23.3. The Bertz CT molecular complexity index is 648. The molecule has 0 aliphatic rings. The van der Waals surface area contributed by atoms with Gasteiger partial charge in [-0.15, -0.1) is 0 Å². The molecule has 0 aliphatic carbocycles. The highest BCUT2D eigenvalue weighted by Crippen LogP contribution is 2.18. The van der Waals surface area contributed by atoms with Gasteiger partial charge in [0.25, 0.3) is 11.8 Å². The molecule has 24 heavy (non-hydrogen) atoms. The second-order valence-electron chi connectivity index (χ2n) is 5.60. The van der Waals surface area contributed by atoms with Crippen LogP contribution >= 0.6 is 0 Å². The van der Waals surface area contributed by atoms with Crippen molar-refractivity contribution in [1.29, 1.82) is 0 Å². The molecule has 0 unspecified atom stereocenters. The van der Waals surface area contributed by atoms with Crippen LogP contribution in [0.25, 0.3) is 0 Å². The fourth-order valence-corrected chi connectivity index (χ4v) is 2.02. The van der Waals surface area contributed by atoms with Gasteiger partial charge in [0, 0.05) is 13.1 Å². The normalized spacial score (nSPS) is 10.5. The topological polar surface area (TPSA) is 80.6 Å². The maximum absolute atomic E-state index is 11.7. The quantitative estimate of drug-likeness (QED) is 0.728. The molecule has 1 aromatic carbocycles. The van der Waals surface area contributed by atoms with Crippen molar-refractivity contribution < 1.29 is 18.7 Å². The lowest BCUT2D eigenvalue weighted by molar-refractivity contribution is -0.123. The Morgan fingerprint density at radius 1 is 1.08 bits per heavy atom. The van der Waals surface area contributed by atoms with E-state index < -0.39 is 0 Å². The Hall–Kier alpha value is -2.76. The van der Waals surface area contributed by atoms with Crippen LogP contribution in [0.4, 0.5) is 0 Å². The number of furan rings is 1. The number of carbonyl (C=O) groups is 2. The zero-order valence-corrected chi connectivity index (χ0v) is 13.9. The largest absolute Gasteiger partial charge is 0.484 e. The van der Waals surface area contributed by atoms with Gasteiger partial charge in [-0.2, -0.15) is 0 Å². The predicted octanol–water partition coefficient (Wildman–Crippen LogP) is 2.33. The summed E-state index contributed by atoms with van der Waals surface area (Å²) < 4.78 is 10.4. The minimum atomic E-state index is -0.309. The summed E-state index contributed by atoms with van der Waals surface area (Å²) in [6.45, 7) is 4.81. The SMILES string of the molecule is CC(C)c1ccc(OCC(=O)NCCNC(=O)c2ccco2)cc1. The first-order valence-corrected chi connectivity index (χ1v) is 7.87. The number of hydrogen-bond donors (Lipinski definition) is 2. The number of rotatable bonds is 8. The lowest BCUT2D eigenvalue weighted by Crippen LogP contribution is -2.36. The summed E-state index contributed by atoms with van der Waals surface area (Å²) in [7, 11) is 0. The molecule has 0 atom stereocenters. The van der Waals surface area contributed by atoms with E-state index in [4.69, 9.17) is 9.15 Å². The number of benzene rings is 1. The Morgan fingerprint density at radius 2 is 1.79 bits per heavy atom. The Kier molecular flexibility index (Phi) is 6.42. The highest BCUT2D eigenvalue weighted by molar-refractivity contribution is 5.91. The van der Waals surface area contributed by atoms with E-state index in [9.17, 15) is 9.59 Å². The summed E-state index contributed by atoms with van der Waals surface area (Å²) in [5, 5.41) is 5.32. The molecule has 0 aliphatic heterocycles. The minimum absolute atomic E-state index is 0.0623. The first kappa shape index (κ1) is 17.6. The van der Waals surface area contributed by atoms with E-state index in [1.54, 1.807) is 12.1 Å². The van der Waals surface area contributed by atoms with Crippen LogP contribution in [0.1, 0.15) is 35.9 Å². The zero-order chi connectivity index (χ0) is 17.4. The monoisotopic (exact) mass is 330 g/mol. The predicted molar refractivity (Wildman–Crippen MR) is 90.1 cm³/mol. The van der Waals surface area contributed by atoms with Crippen LogP contribution < -0.4 is 15.4 Å². The maximum Gasteiger partial charge on any atom is 0.287 e. The number of hydrogen-bond acceptors (Lipinski definition) is 4. The average molecular weight is 330 g/mol. The lowest BCUT2D eigenvalue weighted by atomic mass is 10.0. The molecular weight excluding hydrogens is 308 g/mol. The molecule has 128 valence electrons. The molecule has 2 amide bonds. The molecule has 0 saturated carbocycles. The lowest BCUT2D eigenvalue weighted by Gasteiger charge is -2.09. The van der Waals surface area contributed by atoms with Crippen molar-refractivity contribution in [3.05, 3.63) is 54.0 Å².